The smallest absolute Gasteiger partial charge is 0.331 e. The first-order chi connectivity index (χ1) is 17.5. The highest BCUT2D eigenvalue weighted by Gasteiger charge is 2.20. The van der Waals surface area contributed by atoms with E-state index in [2.05, 4.69) is 15.9 Å². The lowest BCUT2D eigenvalue weighted by atomic mass is 10.2. The van der Waals surface area contributed by atoms with Crippen LogP contribution in [0.15, 0.2) is 58.1 Å². The van der Waals surface area contributed by atoms with Gasteiger partial charge in [-0.15, -0.1) is 24.8 Å². The topological polar surface area (TPSA) is 86.0 Å². The second-order valence-corrected chi connectivity index (χ2v) is 8.82. The zero-order valence-corrected chi connectivity index (χ0v) is 23.5. The lowest BCUT2D eigenvalue weighted by Crippen LogP contribution is -2.49. The Morgan fingerprint density at radius 3 is 2.26 bits per heavy atom. The molecule has 0 spiro atoms. The van der Waals surface area contributed by atoms with Gasteiger partial charge < -0.3 is 14.4 Å². The number of rotatable bonds is 10. The van der Waals surface area contributed by atoms with E-state index < -0.39 is 0 Å². The maximum atomic E-state index is 13.4. The van der Waals surface area contributed by atoms with Gasteiger partial charge in [0.05, 0.1) is 30.3 Å². The van der Waals surface area contributed by atoms with Gasteiger partial charge in [-0.25, -0.2) is 4.79 Å². The van der Waals surface area contributed by atoms with Crippen LogP contribution in [0.4, 0.5) is 5.69 Å². The van der Waals surface area contributed by atoms with Gasteiger partial charge in [-0.1, -0.05) is 24.3 Å². The number of aromatic nitrogens is 2. The molecule has 4 rings (SSSR count). The number of carbonyl (C=O) groups is 1. The zero-order valence-electron chi connectivity index (χ0n) is 21.8. The van der Waals surface area contributed by atoms with Gasteiger partial charge >= 0.3 is 11.7 Å². The van der Waals surface area contributed by atoms with Crippen molar-refractivity contribution < 1.29 is 14.3 Å². The van der Waals surface area contributed by atoms with E-state index in [-0.39, 0.29) is 48.5 Å². The summed E-state index contributed by atoms with van der Waals surface area (Å²) >= 11 is 0. The van der Waals surface area contributed by atoms with Crippen molar-refractivity contribution in [2.45, 2.75) is 32.9 Å². The van der Waals surface area contributed by atoms with Crippen molar-refractivity contribution in [1.82, 2.24) is 14.0 Å². The van der Waals surface area contributed by atoms with Crippen molar-refractivity contribution in [3.63, 3.8) is 0 Å². The maximum Gasteiger partial charge on any atom is 0.331 e. The van der Waals surface area contributed by atoms with Crippen LogP contribution >= 0.6 is 24.8 Å². The first kappa shape index (κ1) is 31.2. The summed E-state index contributed by atoms with van der Waals surface area (Å²) in [5, 5.41) is 0.509. The number of halogens is 2. The molecule has 1 aliphatic rings. The van der Waals surface area contributed by atoms with E-state index >= 15 is 0 Å². The van der Waals surface area contributed by atoms with Crippen LogP contribution in [0, 0.1) is 0 Å². The number of fused-ring (bicyclic) bond motifs is 1. The molecular formula is C27H36Cl2N4O5. The molecule has 1 saturated heterocycles. The van der Waals surface area contributed by atoms with E-state index in [1.165, 1.54) is 4.57 Å². The highest BCUT2D eigenvalue weighted by molar-refractivity contribution is 5.85. The van der Waals surface area contributed by atoms with Crippen molar-refractivity contribution in [3.05, 3.63) is 69.4 Å². The Hall–Kier alpha value is -3.01. The molecule has 2 aromatic carbocycles. The fourth-order valence-electron chi connectivity index (χ4n) is 4.74. The molecule has 0 radical (unpaired) electrons. The summed E-state index contributed by atoms with van der Waals surface area (Å²) in [5.41, 5.74) is 1.06. The summed E-state index contributed by atoms with van der Waals surface area (Å²) in [6.07, 6.45) is 0.691. The average Bonchev–Trinajstić information content (AvgIpc) is 2.91. The Morgan fingerprint density at radius 2 is 1.55 bits per heavy atom. The molecule has 0 unspecified atom stereocenters. The number of methoxy groups -OCH3 is 1. The van der Waals surface area contributed by atoms with Crippen LogP contribution < -0.4 is 20.9 Å². The number of ether oxygens (including phenoxy) is 2. The summed E-state index contributed by atoms with van der Waals surface area (Å²) in [7, 11) is 1.68. The fraction of sp³-hybridized carbons (Fsp3) is 0.444. The zero-order chi connectivity index (χ0) is 25.5. The maximum absolute atomic E-state index is 13.4. The summed E-state index contributed by atoms with van der Waals surface area (Å²) in [6, 6.07) is 15.1. The lowest BCUT2D eigenvalue weighted by Gasteiger charge is -2.36. The third kappa shape index (κ3) is 7.09. The second-order valence-electron chi connectivity index (χ2n) is 8.82. The Bertz CT molecular complexity index is 1320. The standard InChI is InChI=1S/C27H34N4O5.2ClH/c1-3-36-25(32)13-8-14-30-22-10-5-4-9-21(22)26(33)31(27(30)34)20-17-28-15-18-29(19-16-28)23-11-6-7-12-24(23)35-2;;/h4-7,9-12H,3,8,13-20H2,1-2H3;2*1H. The minimum absolute atomic E-state index is 0. The summed E-state index contributed by atoms with van der Waals surface area (Å²) in [5.74, 6) is 0.576. The molecule has 0 amide bonds. The molecule has 1 aliphatic heterocycles. The van der Waals surface area contributed by atoms with Crippen molar-refractivity contribution in [2.75, 3.05) is 51.3 Å². The number of aryl methyl sites for hydroxylation is 1. The molecule has 0 bridgehead atoms. The predicted octanol–water partition coefficient (Wildman–Crippen LogP) is 3.18. The van der Waals surface area contributed by atoms with E-state index in [1.807, 2.05) is 24.3 Å². The van der Waals surface area contributed by atoms with Crippen LogP contribution in [-0.4, -0.2) is 66.4 Å². The second kappa shape index (κ2) is 14.8. The number of nitrogens with zero attached hydrogens (tertiary/aromatic N) is 4. The lowest BCUT2D eigenvalue weighted by molar-refractivity contribution is -0.143. The number of piperazine rings is 1. The summed E-state index contributed by atoms with van der Waals surface area (Å²) < 4.78 is 13.4. The Morgan fingerprint density at radius 1 is 0.868 bits per heavy atom. The SMILES string of the molecule is CCOC(=O)CCCn1c(=O)n(CCN2CCN(c3ccccc3OC)CC2)c(=O)c2ccccc21.Cl.Cl. The number of anilines is 1. The third-order valence-corrected chi connectivity index (χ3v) is 6.64. The van der Waals surface area contributed by atoms with Crippen molar-refractivity contribution in [2.24, 2.45) is 0 Å². The predicted molar refractivity (Wildman–Crippen MR) is 154 cm³/mol. The van der Waals surface area contributed by atoms with Gasteiger partial charge in [0.15, 0.2) is 0 Å². The van der Waals surface area contributed by atoms with Crippen LogP contribution in [0.1, 0.15) is 19.8 Å². The largest absolute Gasteiger partial charge is 0.495 e. The van der Waals surface area contributed by atoms with E-state index in [9.17, 15) is 14.4 Å². The molecule has 38 heavy (non-hydrogen) atoms. The molecule has 1 fully saturated rings. The Labute approximate surface area is 234 Å². The van der Waals surface area contributed by atoms with Crippen molar-refractivity contribution in [1.29, 1.82) is 0 Å². The minimum atomic E-state index is -0.338. The number of hydrogen-bond donors (Lipinski definition) is 0. The highest BCUT2D eigenvalue weighted by atomic mass is 35.5. The number of benzene rings is 2. The molecule has 9 nitrogen and oxygen atoms in total. The molecular weight excluding hydrogens is 531 g/mol. The first-order valence-corrected chi connectivity index (χ1v) is 12.5. The number of esters is 1. The minimum Gasteiger partial charge on any atom is -0.495 e. The fourth-order valence-corrected chi connectivity index (χ4v) is 4.74. The summed E-state index contributed by atoms with van der Waals surface area (Å²) in [4.78, 5) is 42.9. The van der Waals surface area contributed by atoms with E-state index in [0.717, 1.165) is 37.6 Å². The van der Waals surface area contributed by atoms with Crippen LogP contribution in [-0.2, 0) is 22.6 Å². The molecule has 3 aromatic rings. The van der Waals surface area contributed by atoms with Crippen molar-refractivity contribution >= 4 is 47.4 Å². The van der Waals surface area contributed by atoms with Gasteiger partial charge in [0.2, 0.25) is 0 Å². The molecule has 11 heteroatoms. The van der Waals surface area contributed by atoms with Crippen LogP contribution in [0.25, 0.3) is 10.9 Å². The van der Waals surface area contributed by atoms with Crippen LogP contribution in [0.3, 0.4) is 0 Å². The van der Waals surface area contributed by atoms with Gasteiger partial charge in [-0.2, -0.15) is 0 Å². The molecule has 0 N–H and O–H groups in total. The number of para-hydroxylation sites is 3. The monoisotopic (exact) mass is 566 g/mol. The quantitative estimate of drug-likeness (QED) is 0.348. The summed E-state index contributed by atoms with van der Waals surface area (Å²) in [6.45, 7) is 6.70. The average molecular weight is 568 g/mol. The van der Waals surface area contributed by atoms with Gasteiger partial charge in [0, 0.05) is 52.2 Å². The van der Waals surface area contributed by atoms with Gasteiger partial charge in [-0.05, 0) is 37.6 Å². The van der Waals surface area contributed by atoms with Gasteiger partial charge in [0.1, 0.15) is 5.75 Å². The Balaban J connectivity index is 0.00000253. The molecule has 0 atom stereocenters. The van der Waals surface area contributed by atoms with E-state index in [0.29, 0.717) is 43.6 Å². The number of hydrogen-bond acceptors (Lipinski definition) is 7. The Kier molecular flexibility index (Phi) is 12.2. The third-order valence-electron chi connectivity index (χ3n) is 6.64. The van der Waals surface area contributed by atoms with E-state index in [4.69, 9.17) is 9.47 Å². The van der Waals surface area contributed by atoms with Crippen molar-refractivity contribution in [3.8, 4) is 5.75 Å². The molecule has 0 saturated carbocycles. The van der Waals surface area contributed by atoms with Gasteiger partial charge in [0.25, 0.3) is 5.56 Å². The molecule has 208 valence electrons. The van der Waals surface area contributed by atoms with E-state index in [1.54, 1.807) is 36.8 Å². The van der Waals surface area contributed by atoms with Crippen LogP contribution in [0.2, 0.25) is 0 Å². The first-order valence-electron chi connectivity index (χ1n) is 12.5. The molecule has 0 aliphatic carbocycles. The molecule has 2 heterocycles. The normalized spacial score (nSPS) is 13.5. The highest BCUT2D eigenvalue weighted by Crippen LogP contribution is 2.28. The van der Waals surface area contributed by atoms with Crippen LogP contribution in [0.5, 0.6) is 5.75 Å². The van der Waals surface area contributed by atoms with Gasteiger partial charge in [-0.3, -0.25) is 23.6 Å². The molecule has 1 aromatic heterocycles. The number of carbonyl (C=O) groups excluding carboxylic acids is 1.